The minimum atomic E-state index is -1.04. The van der Waals surface area contributed by atoms with E-state index in [4.69, 9.17) is 0 Å². The van der Waals surface area contributed by atoms with Gasteiger partial charge in [-0.25, -0.2) is 4.39 Å². The maximum absolute atomic E-state index is 13.2. The summed E-state index contributed by atoms with van der Waals surface area (Å²) in [5.74, 6) is 0.217. The van der Waals surface area contributed by atoms with Crippen molar-refractivity contribution in [2.24, 2.45) is 5.92 Å². The molecule has 0 bridgehead atoms. The van der Waals surface area contributed by atoms with E-state index in [0.29, 0.717) is 18.0 Å². The Hall–Kier alpha value is -0.930. The molecule has 0 spiro atoms. The summed E-state index contributed by atoms with van der Waals surface area (Å²) in [4.78, 5) is 0. The zero-order chi connectivity index (χ0) is 13.1. The monoisotopic (exact) mass is 239 g/mol. The van der Waals surface area contributed by atoms with Crippen LogP contribution in [0.5, 0.6) is 0 Å². The predicted molar refractivity (Wildman–Crippen MR) is 68.4 cm³/mol. The van der Waals surface area contributed by atoms with E-state index in [1.165, 1.54) is 12.1 Å². The summed E-state index contributed by atoms with van der Waals surface area (Å²) < 4.78 is 13.2. The van der Waals surface area contributed by atoms with Crippen LogP contribution in [0.3, 0.4) is 0 Å². The predicted octanol–water partition coefficient (Wildman–Crippen LogP) is 2.59. The maximum atomic E-state index is 13.2. The Morgan fingerprint density at radius 2 is 2.06 bits per heavy atom. The Morgan fingerprint density at radius 1 is 1.41 bits per heavy atom. The summed E-state index contributed by atoms with van der Waals surface area (Å²) in [6.45, 7) is 9.07. The number of nitrogens with one attached hydrogen (secondary N) is 1. The number of hydrogen-bond donors (Lipinski definition) is 2. The van der Waals surface area contributed by atoms with Crippen LogP contribution in [0.15, 0.2) is 18.2 Å². The summed E-state index contributed by atoms with van der Waals surface area (Å²) in [5, 5.41) is 13.6. The summed E-state index contributed by atoms with van der Waals surface area (Å²) in [5.41, 5.74) is 0.512. The lowest BCUT2D eigenvalue weighted by molar-refractivity contribution is 0.0554. The Bertz CT molecular complexity index is 374. The Labute approximate surface area is 103 Å². The van der Waals surface area contributed by atoms with Gasteiger partial charge in [-0.2, -0.15) is 0 Å². The molecular weight excluding hydrogens is 217 g/mol. The van der Waals surface area contributed by atoms with E-state index in [2.05, 4.69) is 19.2 Å². The normalized spacial score (nSPS) is 15.0. The van der Waals surface area contributed by atoms with Crippen molar-refractivity contribution in [2.75, 3.05) is 13.1 Å². The molecule has 1 atom stereocenters. The summed E-state index contributed by atoms with van der Waals surface area (Å²) >= 11 is 0. The van der Waals surface area contributed by atoms with Crippen LogP contribution in [0.1, 0.15) is 31.9 Å². The molecule has 2 N–H and O–H groups in total. The lowest BCUT2D eigenvalue weighted by atomic mass is 9.91. The Kier molecular flexibility index (Phi) is 4.66. The van der Waals surface area contributed by atoms with Crippen LogP contribution in [0.2, 0.25) is 0 Å². The molecule has 0 fully saturated rings. The van der Waals surface area contributed by atoms with E-state index in [0.717, 1.165) is 12.1 Å². The lowest BCUT2D eigenvalue weighted by Gasteiger charge is -2.26. The highest BCUT2D eigenvalue weighted by molar-refractivity contribution is 5.31. The van der Waals surface area contributed by atoms with Gasteiger partial charge in [0.2, 0.25) is 0 Å². The summed E-state index contributed by atoms with van der Waals surface area (Å²) in [6.07, 6.45) is 0. The molecule has 3 heteroatoms. The van der Waals surface area contributed by atoms with Crippen molar-refractivity contribution in [3.63, 3.8) is 0 Å². The van der Waals surface area contributed by atoms with Crippen molar-refractivity contribution in [3.05, 3.63) is 35.1 Å². The molecule has 0 heterocycles. The molecule has 0 aliphatic carbocycles. The smallest absolute Gasteiger partial charge is 0.123 e. The van der Waals surface area contributed by atoms with Crippen LogP contribution in [0.25, 0.3) is 0 Å². The van der Waals surface area contributed by atoms with Crippen molar-refractivity contribution < 1.29 is 9.50 Å². The van der Waals surface area contributed by atoms with Gasteiger partial charge in [0.05, 0.1) is 5.60 Å². The average Bonchev–Trinajstić information content (AvgIpc) is 2.20. The van der Waals surface area contributed by atoms with Crippen molar-refractivity contribution in [3.8, 4) is 0 Å². The fourth-order valence-corrected chi connectivity index (χ4v) is 1.87. The summed E-state index contributed by atoms with van der Waals surface area (Å²) in [7, 11) is 0. The van der Waals surface area contributed by atoms with E-state index in [1.54, 1.807) is 13.0 Å². The number of aryl methyl sites for hydroxylation is 1. The first-order chi connectivity index (χ1) is 7.83. The largest absolute Gasteiger partial charge is 0.384 e. The molecular formula is C14H22FNO. The quantitative estimate of drug-likeness (QED) is 0.827. The van der Waals surface area contributed by atoms with Gasteiger partial charge in [0.25, 0.3) is 0 Å². The van der Waals surface area contributed by atoms with E-state index in [9.17, 15) is 9.50 Å². The van der Waals surface area contributed by atoms with Crippen LogP contribution < -0.4 is 5.32 Å². The highest BCUT2D eigenvalue weighted by Gasteiger charge is 2.24. The fourth-order valence-electron chi connectivity index (χ4n) is 1.87. The van der Waals surface area contributed by atoms with Gasteiger partial charge in [0, 0.05) is 6.54 Å². The van der Waals surface area contributed by atoms with Crippen molar-refractivity contribution in [1.29, 1.82) is 0 Å². The molecule has 0 saturated heterocycles. The molecule has 17 heavy (non-hydrogen) atoms. The molecule has 1 aromatic rings. The second kappa shape index (κ2) is 5.61. The van der Waals surface area contributed by atoms with E-state index < -0.39 is 5.60 Å². The molecule has 1 unspecified atom stereocenters. The number of halogens is 1. The van der Waals surface area contributed by atoms with Crippen LogP contribution >= 0.6 is 0 Å². The molecule has 1 aromatic carbocycles. The van der Waals surface area contributed by atoms with Gasteiger partial charge < -0.3 is 10.4 Å². The first-order valence-corrected chi connectivity index (χ1v) is 6.02. The van der Waals surface area contributed by atoms with Crippen molar-refractivity contribution in [2.45, 2.75) is 33.3 Å². The third kappa shape index (κ3) is 4.10. The van der Waals surface area contributed by atoms with E-state index in [-0.39, 0.29) is 5.82 Å². The first kappa shape index (κ1) is 14.1. The third-order valence-electron chi connectivity index (χ3n) is 2.80. The molecule has 0 radical (unpaired) electrons. The topological polar surface area (TPSA) is 32.3 Å². The highest BCUT2D eigenvalue weighted by Crippen LogP contribution is 2.24. The zero-order valence-corrected chi connectivity index (χ0v) is 11.0. The molecule has 0 aromatic heterocycles. The molecule has 0 aliphatic rings. The van der Waals surface area contributed by atoms with Crippen molar-refractivity contribution in [1.82, 2.24) is 5.32 Å². The van der Waals surface area contributed by atoms with Gasteiger partial charge in [-0.05, 0) is 49.6 Å². The van der Waals surface area contributed by atoms with Gasteiger partial charge in [0.1, 0.15) is 5.82 Å². The van der Waals surface area contributed by atoms with Gasteiger partial charge >= 0.3 is 0 Å². The molecule has 0 aliphatic heterocycles. The SMILES string of the molecule is Cc1ccc(F)cc1C(C)(O)CNCC(C)C. The lowest BCUT2D eigenvalue weighted by Crippen LogP contribution is -2.37. The minimum absolute atomic E-state index is 0.310. The van der Waals surface area contributed by atoms with E-state index >= 15 is 0 Å². The highest BCUT2D eigenvalue weighted by atomic mass is 19.1. The fraction of sp³-hybridized carbons (Fsp3) is 0.571. The number of hydrogen-bond acceptors (Lipinski definition) is 2. The third-order valence-corrected chi connectivity index (χ3v) is 2.80. The van der Waals surface area contributed by atoms with Crippen LogP contribution in [0, 0.1) is 18.7 Å². The molecule has 0 saturated carbocycles. The Balaban J connectivity index is 2.77. The number of benzene rings is 1. The molecule has 1 rings (SSSR count). The summed E-state index contributed by atoms with van der Waals surface area (Å²) in [6, 6.07) is 4.52. The van der Waals surface area contributed by atoms with E-state index in [1.807, 2.05) is 6.92 Å². The maximum Gasteiger partial charge on any atom is 0.123 e. The molecule has 0 amide bonds. The zero-order valence-electron chi connectivity index (χ0n) is 11.0. The van der Waals surface area contributed by atoms with Gasteiger partial charge in [-0.1, -0.05) is 19.9 Å². The second-order valence-electron chi connectivity index (χ2n) is 5.26. The van der Waals surface area contributed by atoms with Gasteiger partial charge in [0.15, 0.2) is 0 Å². The number of rotatable bonds is 5. The minimum Gasteiger partial charge on any atom is -0.384 e. The standard InChI is InChI=1S/C14H22FNO/c1-10(2)8-16-9-14(4,17)13-7-12(15)6-5-11(13)3/h5-7,10,16-17H,8-9H2,1-4H3. The number of aliphatic hydroxyl groups is 1. The van der Waals surface area contributed by atoms with Gasteiger partial charge in [-0.3, -0.25) is 0 Å². The average molecular weight is 239 g/mol. The molecule has 96 valence electrons. The van der Waals surface area contributed by atoms with Gasteiger partial charge in [-0.15, -0.1) is 0 Å². The van der Waals surface area contributed by atoms with Crippen molar-refractivity contribution >= 4 is 0 Å². The second-order valence-corrected chi connectivity index (χ2v) is 5.26. The first-order valence-electron chi connectivity index (χ1n) is 6.02. The Morgan fingerprint density at radius 3 is 2.65 bits per heavy atom. The van der Waals surface area contributed by atoms with Crippen LogP contribution in [0.4, 0.5) is 4.39 Å². The van der Waals surface area contributed by atoms with Crippen LogP contribution in [-0.2, 0) is 5.60 Å². The molecule has 2 nitrogen and oxygen atoms in total. The van der Waals surface area contributed by atoms with Crippen LogP contribution in [-0.4, -0.2) is 18.2 Å².